The van der Waals surface area contributed by atoms with E-state index in [2.05, 4.69) is 41.5 Å². The first-order chi connectivity index (χ1) is 25.6. The minimum absolute atomic E-state index is 0.237. The zero-order valence-electron chi connectivity index (χ0n) is 36.4. The van der Waals surface area contributed by atoms with E-state index in [-0.39, 0.29) is 11.9 Å². The van der Waals surface area contributed by atoms with Crippen LogP contribution in [0.5, 0.6) is 0 Å². The van der Waals surface area contributed by atoms with E-state index in [1.807, 2.05) is 0 Å². The Morgan fingerprint density at radius 2 is 0.642 bits per heavy atom. The zero-order chi connectivity index (χ0) is 39.4. The molecule has 53 heavy (non-hydrogen) atoms. The van der Waals surface area contributed by atoms with Crippen molar-refractivity contribution in [3.05, 3.63) is 0 Å². The second kappa shape index (κ2) is 38.0. The van der Waals surface area contributed by atoms with Crippen LogP contribution in [0.15, 0.2) is 0 Å². The van der Waals surface area contributed by atoms with Crippen molar-refractivity contribution >= 4 is 56.4 Å². The number of unbranched alkanes of at least 4 members (excludes halogenated alkanes) is 24. The molecule has 0 rings (SSSR count). The van der Waals surface area contributed by atoms with E-state index in [0.29, 0.717) is 0 Å². The third-order valence-electron chi connectivity index (χ3n) is 11.0. The predicted octanol–water partition coefficient (Wildman–Crippen LogP) is 15.9. The quantitative estimate of drug-likeness (QED) is 0.0366. The van der Waals surface area contributed by atoms with Gasteiger partial charge in [0, 0.05) is 0 Å². The minimum atomic E-state index is -4.13. The van der Waals surface area contributed by atoms with Crippen molar-refractivity contribution in [2.45, 2.75) is 266 Å². The monoisotopic (exact) mass is 893 g/mol. The zero-order valence-corrected chi connectivity index (χ0v) is 41.0. The van der Waals surface area contributed by atoms with E-state index in [9.17, 15) is 9.59 Å². The molecule has 4 nitrogen and oxygen atoms in total. The molecule has 0 saturated heterocycles. The molecule has 0 amide bonds. The number of hydrogen-bond acceptors (Lipinski definition) is 6. The molecule has 0 radical (unpaired) electrons. The van der Waals surface area contributed by atoms with Crippen LogP contribution in [-0.4, -0.2) is 41.6 Å². The molecule has 0 saturated carbocycles. The van der Waals surface area contributed by atoms with Crippen molar-refractivity contribution in [1.82, 2.24) is 0 Å². The molecule has 0 heterocycles. The smallest absolute Gasteiger partial charge is 0.0628 e. The van der Waals surface area contributed by atoms with Crippen molar-refractivity contribution in [1.29, 1.82) is 0 Å². The molecule has 0 aliphatic heterocycles. The van der Waals surface area contributed by atoms with E-state index in [0.717, 1.165) is 84.9 Å². The molecule has 0 bridgehead atoms. The Morgan fingerprint density at radius 1 is 0.396 bits per heavy atom. The summed E-state index contributed by atoms with van der Waals surface area (Å²) in [6.45, 7) is 13.7. The van der Waals surface area contributed by atoms with Gasteiger partial charge in [-0.05, 0) is 11.8 Å². The summed E-state index contributed by atoms with van der Waals surface area (Å²) in [6.07, 6.45) is 38.1. The standard InChI is InChI=1S/2C15H30O2S.2C8H17.Sn/c2*1-13(2)11-9-7-5-3-4-6-8-10-12-14(18)15(16)17;2*1-3-5-7-8-6-4-2;/h2*13-14,18H,3-12H2,1-2H3,(H,16,17);2*1,3-8H2,2H3;/q;;;;+2/p-2. The van der Waals surface area contributed by atoms with Crippen molar-refractivity contribution < 1.29 is 15.7 Å². The number of thiol groups is 2. The first kappa shape index (κ1) is 53.4. The molecule has 0 spiro atoms. The Kier molecular flexibility index (Phi) is 38.3. The van der Waals surface area contributed by atoms with Crippen LogP contribution in [-0.2, 0) is 15.7 Å². The second-order valence-corrected chi connectivity index (χ2v) is 27.9. The number of hydrogen-bond donors (Lipinski definition) is 2. The molecule has 0 aromatic carbocycles. The Labute approximate surface area is 348 Å². The molecule has 2 unspecified atom stereocenters. The molecule has 0 aliphatic carbocycles. The maximum absolute atomic E-state index is 13.7. The van der Waals surface area contributed by atoms with Gasteiger partial charge in [-0.25, -0.2) is 0 Å². The number of rotatable bonds is 40. The van der Waals surface area contributed by atoms with E-state index in [1.165, 1.54) is 141 Å². The van der Waals surface area contributed by atoms with E-state index < -0.39 is 29.7 Å². The summed E-state index contributed by atoms with van der Waals surface area (Å²) < 4.78 is 14.6. The summed E-state index contributed by atoms with van der Waals surface area (Å²) in [5, 5.41) is -0.895. The van der Waals surface area contributed by atoms with Crippen LogP contribution in [0.2, 0.25) is 8.87 Å². The normalized spacial score (nSPS) is 13.2. The van der Waals surface area contributed by atoms with Gasteiger partial charge in [0.2, 0.25) is 0 Å². The van der Waals surface area contributed by atoms with Gasteiger partial charge in [0.1, 0.15) is 0 Å². The molecule has 0 aromatic rings. The summed E-state index contributed by atoms with van der Waals surface area (Å²) >= 11 is 5.41. The fourth-order valence-corrected chi connectivity index (χ4v) is 17.8. The van der Waals surface area contributed by atoms with E-state index >= 15 is 0 Å². The third-order valence-corrected chi connectivity index (χ3v) is 21.5. The van der Waals surface area contributed by atoms with Gasteiger partial charge in [-0.1, -0.05) is 40.5 Å². The summed E-state index contributed by atoms with van der Waals surface area (Å²) in [4.78, 5) is 27.4. The van der Waals surface area contributed by atoms with Crippen LogP contribution in [0.4, 0.5) is 0 Å². The second-order valence-electron chi connectivity index (χ2n) is 17.4. The number of carbonyl (C=O) groups excluding carboxylic acids is 2. The average molecular weight is 892 g/mol. The topological polar surface area (TPSA) is 52.6 Å². The van der Waals surface area contributed by atoms with Crippen molar-refractivity contribution in [3.63, 3.8) is 0 Å². The first-order valence-electron chi connectivity index (χ1n) is 23.4. The molecule has 2 atom stereocenters. The summed E-state index contributed by atoms with van der Waals surface area (Å²) in [6, 6.07) is 0. The van der Waals surface area contributed by atoms with Crippen LogP contribution in [0.1, 0.15) is 247 Å². The minimum Gasteiger partial charge on any atom is -0.0628 e. The van der Waals surface area contributed by atoms with Crippen molar-refractivity contribution in [2.24, 2.45) is 11.8 Å². The van der Waals surface area contributed by atoms with Gasteiger partial charge in [0.05, 0.1) is 0 Å². The van der Waals surface area contributed by atoms with Gasteiger partial charge in [-0.2, -0.15) is 0 Å². The van der Waals surface area contributed by atoms with Crippen LogP contribution in [0, 0.1) is 11.8 Å². The Morgan fingerprint density at radius 3 is 0.925 bits per heavy atom. The van der Waals surface area contributed by atoms with Crippen LogP contribution < -0.4 is 0 Å². The maximum atomic E-state index is 13.7. The molecular weight excluding hydrogens is 799 g/mol. The molecule has 0 aliphatic rings. The van der Waals surface area contributed by atoms with Gasteiger partial charge in [0.15, 0.2) is 0 Å². The summed E-state index contributed by atoms with van der Waals surface area (Å²) in [7, 11) is 0. The number of carbonyl (C=O) groups is 2. The molecule has 0 fully saturated rings. The fraction of sp³-hybridized carbons (Fsp3) is 0.957. The molecule has 0 aromatic heterocycles. The van der Waals surface area contributed by atoms with Crippen molar-refractivity contribution in [3.8, 4) is 0 Å². The fourth-order valence-electron chi connectivity index (χ4n) is 7.34. The Balaban J connectivity index is 5.21. The van der Waals surface area contributed by atoms with Gasteiger partial charge in [-0.3, -0.25) is 0 Å². The van der Waals surface area contributed by atoms with Gasteiger partial charge >= 0.3 is 298 Å². The average Bonchev–Trinajstić information content (AvgIpc) is 3.12. The molecule has 7 heteroatoms. The van der Waals surface area contributed by atoms with Gasteiger partial charge in [0.25, 0.3) is 0 Å². The Hall–Kier alpha value is 0.439. The molecular formula is C46H92O4S2Sn. The third kappa shape index (κ3) is 34.2. The first-order valence-corrected chi connectivity index (χ1v) is 30.8. The molecule has 0 N–H and O–H groups in total. The van der Waals surface area contributed by atoms with E-state index in [1.54, 1.807) is 0 Å². The van der Waals surface area contributed by atoms with E-state index in [4.69, 9.17) is 31.4 Å². The summed E-state index contributed by atoms with van der Waals surface area (Å²) in [5.41, 5.74) is 0. The summed E-state index contributed by atoms with van der Waals surface area (Å²) in [5.74, 6) is 1.15. The van der Waals surface area contributed by atoms with Crippen LogP contribution in [0.25, 0.3) is 0 Å². The Bertz CT molecular complexity index is 757. The molecule has 316 valence electrons. The van der Waals surface area contributed by atoms with Crippen molar-refractivity contribution in [2.75, 3.05) is 0 Å². The predicted molar refractivity (Wildman–Crippen MR) is 242 cm³/mol. The van der Waals surface area contributed by atoms with Crippen LogP contribution in [0.3, 0.4) is 0 Å². The SMILES string of the molecule is CCCCCCC[CH2][Sn]([CH2]CCCCCCC)([O]C(=O)C(S)CCCCCCCCCCC(C)C)[O]C(=O)C(S)CCCCCCCCCCC(C)C. The van der Waals surface area contributed by atoms with Gasteiger partial charge < -0.3 is 0 Å². The van der Waals surface area contributed by atoms with Crippen LogP contribution >= 0.6 is 25.3 Å². The van der Waals surface area contributed by atoms with Gasteiger partial charge in [-0.15, -0.1) is 0 Å².